The minimum atomic E-state index is -0.0916. The van der Waals surface area contributed by atoms with Crippen LogP contribution in [0.15, 0.2) is 40.9 Å². The third kappa shape index (κ3) is 3.09. The molecule has 0 spiro atoms. The first-order chi connectivity index (χ1) is 10.1. The minimum Gasteiger partial charge on any atom is -0.356 e. The molecule has 1 aromatic carbocycles. The molecule has 2 heterocycles. The van der Waals surface area contributed by atoms with Crippen LogP contribution in [0.25, 0.3) is 11.0 Å². The number of carbonyl (C=O) groups excluding carboxylic acids is 1. The van der Waals surface area contributed by atoms with Crippen LogP contribution in [-0.2, 0) is 11.2 Å². The van der Waals surface area contributed by atoms with E-state index in [0.29, 0.717) is 15.6 Å². The predicted molar refractivity (Wildman–Crippen MR) is 83.6 cm³/mol. The predicted octanol–water partition coefficient (Wildman–Crippen LogP) is 3.96. The van der Waals surface area contributed by atoms with Crippen molar-refractivity contribution in [3.05, 3.63) is 51.3 Å². The number of amides is 1. The Morgan fingerprint density at radius 3 is 2.95 bits per heavy atom. The average Bonchev–Trinajstić information content (AvgIpc) is 3.06. The van der Waals surface area contributed by atoms with Crippen LogP contribution in [0.5, 0.6) is 0 Å². The third-order valence-corrected chi connectivity index (χ3v) is 4.59. The summed E-state index contributed by atoms with van der Waals surface area (Å²) in [7, 11) is 0. The molecule has 21 heavy (non-hydrogen) atoms. The molecule has 2 aromatic heterocycles. The summed E-state index contributed by atoms with van der Waals surface area (Å²) in [6.07, 6.45) is 0.195. The van der Waals surface area contributed by atoms with Crippen LogP contribution in [0.2, 0.25) is 4.34 Å². The number of rotatable bonds is 4. The number of aromatic nitrogens is 1. The Morgan fingerprint density at radius 2 is 2.19 bits per heavy atom. The molecule has 1 N–H and O–H groups in total. The molecule has 0 fully saturated rings. The van der Waals surface area contributed by atoms with Gasteiger partial charge in [0.2, 0.25) is 5.91 Å². The molecule has 3 aromatic rings. The van der Waals surface area contributed by atoms with E-state index in [1.54, 1.807) is 0 Å². The molecular weight excluding hydrogens is 308 g/mol. The zero-order valence-corrected chi connectivity index (χ0v) is 12.9. The fourth-order valence-electron chi connectivity index (χ4n) is 2.14. The summed E-state index contributed by atoms with van der Waals surface area (Å²) in [5.41, 5.74) is 1.35. The molecule has 1 atom stereocenters. The van der Waals surface area contributed by atoms with Crippen molar-refractivity contribution in [2.75, 3.05) is 0 Å². The first-order valence-corrected chi connectivity index (χ1v) is 7.71. The maximum Gasteiger partial charge on any atom is 0.226 e. The number of para-hydroxylation sites is 1. The number of thiophene rings is 1. The molecule has 0 aliphatic carbocycles. The fraction of sp³-hybridized carbons (Fsp3) is 0.200. The van der Waals surface area contributed by atoms with Gasteiger partial charge >= 0.3 is 0 Å². The van der Waals surface area contributed by atoms with E-state index in [0.717, 1.165) is 10.3 Å². The monoisotopic (exact) mass is 320 g/mol. The van der Waals surface area contributed by atoms with Gasteiger partial charge in [-0.25, -0.2) is 0 Å². The Labute approximate surface area is 130 Å². The number of carbonyl (C=O) groups is 1. The number of hydrogen-bond donors (Lipinski definition) is 1. The van der Waals surface area contributed by atoms with Gasteiger partial charge in [-0.2, -0.15) is 0 Å². The van der Waals surface area contributed by atoms with E-state index in [-0.39, 0.29) is 18.4 Å². The van der Waals surface area contributed by atoms with E-state index in [1.807, 2.05) is 43.3 Å². The number of fused-ring (bicyclic) bond motifs is 1. The second-order valence-electron chi connectivity index (χ2n) is 4.73. The SMILES string of the molecule is C[C@H](NC(=O)Cc1noc2ccccc12)c1ccc(Cl)s1. The van der Waals surface area contributed by atoms with Crippen LogP contribution < -0.4 is 5.32 Å². The van der Waals surface area contributed by atoms with Crippen LogP contribution in [0.4, 0.5) is 0 Å². The molecule has 0 radical (unpaired) electrons. The molecule has 0 aliphatic heterocycles. The standard InChI is InChI=1S/C15H13ClN2O2S/c1-9(13-6-7-14(16)21-13)17-15(19)8-11-10-4-2-3-5-12(10)20-18-11/h2-7,9H,8H2,1H3,(H,17,19)/t9-/m0/s1. The van der Waals surface area contributed by atoms with Crippen molar-refractivity contribution in [1.29, 1.82) is 0 Å². The van der Waals surface area contributed by atoms with Crippen molar-refractivity contribution in [3.8, 4) is 0 Å². The summed E-state index contributed by atoms with van der Waals surface area (Å²) >= 11 is 7.37. The molecule has 6 heteroatoms. The smallest absolute Gasteiger partial charge is 0.226 e. The van der Waals surface area contributed by atoms with Gasteiger partial charge < -0.3 is 9.84 Å². The second-order valence-corrected chi connectivity index (χ2v) is 6.48. The molecular formula is C15H13ClN2O2S. The average molecular weight is 321 g/mol. The Kier molecular flexibility index (Phi) is 3.94. The Balaban J connectivity index is 1.69. The van der Waals surface area contributed by atoms with E-state index in [9.17, 15) is 4.79 Å². The highest BCUT2D eigenvalue weighted by molar-refractivity contribution is 7.16. The van der Waals surface area contributed by atoms with E-state index in [4.69, 9.17) is 16.1 Å². The molecule has 3 rings (SSSR count). The zero-order chi connectivity index (χ0) is 14.8. The van der Waals surface area contributed by atoms with E-state index in [2.05, 4.69) is 10.5 Å². The molecule has 0 unspecified atom stereocenters. The molecule has 0 aliphatic rings. The van der Waals surface area contributed by atoms with Gasteiger partial charge in [0, 0.05) is 10.3 Å². The van der Waals surface area contributed by atoms with E-state index < -0.39 is 0 Å². The van der Waals surface area contributed by atoms with Gasteiger partial charge in [-0.05, 0) is 31.2 Å². The lowest BCUT2D eigenvalue weighted by Crippen LogP contribution is -2.27. The molecule has 4 nitrogen and oxygen atoms in total. The maximum absolute atomic E-state index is 12.1. The minimum absolute atomic E-state index is 0.0758. The van der Waals surface area contributed by atoms with Crippen molar-refractivity contribution in [1.82, 2.24) is 10.5 Å². The lowest BCUT2D eigenvalue weighted by Gasteiger charge is -2.11. The van der Waals surface area contributed by atoms with Gasteiger partial charge in [0.15, 0.2) is 5.58 Å². The number of hydrogen-bond acceptors (Lipinski definition) is 4. The van der Waals surface area contributed by atoms with E-state index >= 15 is 0 Å². The summed E-state index contributed by atoms with van der Waals surface area (Å²) < 4.78 is 5.91. The highest BCUT2D eigenvalue weighted by Crippen LogP contribution is 2.26. The number of nitrogens with zero attached hydrogens (tertiary/aromatic N) is 1. The highest BCUT2D eigenvalue weighted by Gasteiger charge is 2.15. The number of halogens is 1. The summed E-state index contributed by atoms with van der Waals surface area (Å²) in [4.78, 5) is 13.1. The van der Waals surface area contributed by atoms with Gasteiger partial charge in [-0.15, -0.1) is 11.3 Å². The Hall–Kier alpha value is -1.85. The number of nitrogens with one attached hydrogen (secondary N) is 1. The summed E-state index contributed by atoms with van der Waals surface area (Å²) in [6.45, 7) is 1.93. The first kappa shape index (κ1) is 14.1. The van der Waals surface area contributed by atoms with Crippen molar-refractivity contribution in [2.45, 2.75) is 19.4 Å². The van der Waals surface area contributed by atoms with Crippen molar-refractivity contribution in [3.63, 3.8) is 0 Å². The van der Waals surface area contributed by atoms with Crippen LogP contribution in [-0.4, -0.2) is 11.1 Å². The first-order valence-electron chi connectivity index (χ1n) is 6.51. The topological polar surface area (TPSA) is 55.1 Å². The van der Waals surface area contributed by atoms with Crippen molar-refractivity contribution < 1.29 is 9.32 Å². The maximum atomic E-state index is 12.1. The van der Waals surface area contributed by atoms with E-state index in [1.165, 1.54) is 11.3 Å². The zero-order valence-electron chi connectivity index (χ0n) is 11.3. The number of benzene rings is 1. The van der Waals surface area contributed by atoms with Gasteiger partial charge in [-0.3, -0.25) is 4.79 Å². The third-order valence-electron chi connectivity index (χ3n) is 3.18. The molecule has 0 saturated carbocycles. The Bertz CT molecular complexity index is 781. The lowest BCUT2D eigenvalue weighted by atomic mass is 10.1. The Morgan fingerprint density at radius 1 is 1.38 bits per heavy atom. The van der Waals surface area contributed by atoms with Gasteiger partial charge in [0.05, 0.1) is 16.8 Å². The van der Waals surface area contributed by atoms with Crippen LogP contribution in [0.3, 0.4) is 0 Å². The molecule has 0 saturated heterocycles. The van der Waals surface area contributed by atoms with Crippen molar-refractivity contribution in [2.24, 2.45) is 0 Å². The van der Waals surface area contributed by atoms with Gasteiger partial charge in [0.25, 0.3) is 0 Å². The summed E-state index contributed by atoms with van der Waals surface area (Å²) in [5, 5.41) is 7.78. The lowest BCUT2D eigenvalue weighted by molar-refractivity contribution is -0.121. The van der Waals surface area contributed by atoms with Crippen molar-refractivity contribution >= 4 is 39.8 Å². The normalized spacial score (nSPS) is 12.5. The van der Waals surface area contributed by atoms with Gasteiger partial charge in [0.1, 0.15) is 5.69 Å². The molecule has 1 amide bonds. The molecule has 108 valence electrons. The largest absolute Gasteiger partial charge is 0.356 e. The van der Waals surface area contributed by atoms with Crippen LogP contribution in [0.1, 0.15) is 23.5 Å². The van der Waals surface area contributed by atoms with Crippen LogP contribution in [0, 0.1) is 0 Å². The van der Waals surface area contributed by atoms with Crippen LogP contribution >= 0.6 is 22.9 Å². The summed E-state index contributed by atoms with van der Waals surface area (Å²) in [5.74, 6) is -0.0916. The molecule has 0 bridgehead atoms. The van der Waals surface area contributed by atoms with Gasteiger partial charge in [-0.1, -0.05) is 28.9 Å². The second kappa shape index (κ2) is 5.87. The highest BCUT2D eigenvalue weighted by atomic mass is 35.5. The summed E-state index contributed by atoms with van der Waals surface area (Å²) in [6, 6.07) is 11.2. The quantitative estimate of drug-likeness (QED) is 0.791. The fourth-order valence-corrected chi connectivity index (χ4v) is 3.21.